The Balaban J connectivity index is 1.45. The second kappa shape index (κ2) is 12.7. The van der Waals surface area contributed by atoms with Crippen LogP contribution in [0.15, 0.2) is 72.8 Å². The first-order valence-corrected chi connectivity index (χ1v) is 12.4. The molecule has 4 rings (SSSR count). The second-order valence-corrected chi connectivity index (χ2v) is 9.21. The minimum atomic E-state index is -0.584. The molecule has 3 aromatic carbocycles. The van der Waals surface area contributed by atoms with Crippen LogP contribution in [0, 0.1) is 11.6 Å². The zero-order valence-corrected chi connectivity index (χ0v) is 20.6. The van der Waals surface area contributed by atoms with Gasteiger partial charge in [0.15, 0.2) is 0 Å². The number of nitrogens with one attached hydrogen (secondary N) is 1. The van der Waals surface area contributed by atoms with E-state index in [0.29, 0.717) is 44.0 Å². The minimum absolute atomic E-state index is 0.117. The van der Waals surface area contributed by atoms with E-state index in [2.05, 4.69) is 15.1 Å². The largest absolute Gasteiger partial charge is 0.379 e. The van der Waals surface area contributed by atoms with Crippen molar-refractivity contribution in [2.45, 2.75) is 26.1 Å². The van der Waals surface area contributed by atoms with Gasteiger partial charge in [0, 0.05) is 56.5 Å². The number of ether oxygens (including phenoxy) is 1. The number of carbonyl (C=O) groups is 1. The Kier molecular flexibility index (Phi) is 9.17. The minimum Gasteiger partial charge on any atom is -0.379 e. The summed E-state index contributed by atoms with van der Waals surface area (Å²) in [5.41, 5.74) is 3.03. The summed E-state index contributed by atoms with van der Waals surface area (Å²) >= 11 is 0. The van der Waals surface area contributed by atoms with E-state index in [1.807, 2.05) is 55.5 Å². The predicted molar refractivity (Wildman–Crippen MR) is 136 cm³/mol. The average Bonchev–Trinajstić information content (AvgIpc) is 2.90. The molecule has 0 radical (unpaired) electrons. The molecule has 1 heterocycles. The van der Waals surface area contributed by atoms with Crippen molar-refractivity contribution in [1.82, 2.24) is 15.1 Å². The van der Waals surface area contributed by atoms with E-state index in [1.165, 1.54) is 12.1 Å². The van der Waals surface area contributed by atoms with Gasteiger partial charge in [0.1, 0.15) is 11.6 Å². The molecule has 190 valence electrons. The Morgan fingerprint density at radius 3 is 2.53 bits per heavy atom. The highest BCUT2D eigenvalue weighted by molar-refractivity contribution is 5.94. The molecule has 1 amide bonds. The normalized spacial score (nSPS) is 15.1. The molecule has 3 aromatic rings. The van der Waals surface area contributed by atoms with Crippen LogP contribution in [0.25, 0.3) is 0 Å². The molecule has 1 fully saturated rings. The molecule has 1 saturated heterocycles. The molecule has 0 aliphatic carbocycles. The molecule has 0 bridgehead atoms. The number of nitrogens with zero attached hydrogens (tertiary/aromatic N) is 2. The van der Waals surface area contributed by atoms with Crippen molar-refractivity contribution in [2.24, 2.45) is 0 Å². The van der Waals surface area contributed by atoms with Gasteiger partial charge in [-0.05, 0) is 36.2 Å². The maximum absolute atomic E-state index is 14.4. The monoisotopic (exact) mass is 493 g/mol. The van der Waals surface area contributed by atoms with Crippen LogP contribution in [0.3, 0.4) is 0 Å². The summed E-state index contributed by atoms with van der Waals surface area (Å²) < 4.78 is 33.3. The summed E-state index contributed by atoms with van der Waals surface area (Å²) in [5.74, 6) is -1.27. The van der Waals surface area contributed by atoms with Crippen molar-refractivity contribution in [3.05, 3.63) is 107 Å². The van der Waals surface area contributed by atoms with Gasteiger partial charge in [-0.15, -0.1) is 0 Å². The van der Waals surface area contributed by atoms with Crippen LogP contribution in [-0.4, -0.2) is 55.1 Å². The van der Waals surface area contributed by atoms with Gasteiger partial charge in [0.25, 0.3) is 5.91 Å². The van der Waals surface area contributed by atoms with Crippen LogP contribution in [0.2, 0.25) is 0 Å². The topological polar surface area (TPSA) is 44.8 Å². The maximum Gasteiger partial charge on any atom is 0.251 e. The molecule has 1 aliphatic heterocycles. The third kappa shape index (κ3) is 7.43. The molecule has 1 unspecified atom stereocenters. The first kappa shape index (κ1) is 25.9. The Hall–Kier alpha value is -3.13. The fourth-order valence-corrected chi connectivity index (χ4v) is 4.39. The number of halogens is 2. The summed E-state index contributed by atoms with van der Waals surface area (Å²) in [7, 11) is 0. The number of hydrogen-bond donors (Lipinski definition) is 1. The van der Waals surface area contributed by atoms with Gasteiger partial charge < -0.3 is 10.1 Å². The lowest BCUT2D eigenvalue weighted by Crippen LogP contribution is -2.41. The summed E-state index contributed by atoms with van der Waals surface area (Å²) in [6.45, 7) is 7.54. The van der Waals surface area contributed by atoms with Gasteiger partial charge in [-0.2, -0.15) is 0 Å². The van der Waals surface area contributed by atoms with Crippen LogP contribution in [0.1, 0.15) is 40.0 Å². The van der Waals surface area contributed by atoms with Crippen LogP contribution < -0.4 is 5.32 Å². The van der Waals surface area contributed by atoms with Crippen molar-refractivity contribution in [3.63, 3.8) is 0 Å². The summed E-state index contributed by atoms with van der Waals surface area (Å²) in [6.07, 6.45) is 0. The number of morpholine rings is 1. The van der Waals surface area contributed by atoms with Gasteiger partial charge >= 0.3 is 0 Å². The van der Waals surface area contributed by atoms with Crippen molar-refractivity contribution in [3.8, 4) is 0 Å². The molecule has 0 saturated carbocycles. The zero-order valence-electron chi connectivity index (χ0n) is 20.6. The highest BCUT2D eigenvalue weighted by atomic mass is 19.1. The second-order valence-electron chi connectivity index (χ2n) is 9.21. The Bertz CT molecular complexity index is 1140. The molecule has 1 N–H and O–H groups in total. The van der Waals surface area contributed by atoms with Crippen molar-refractivity contribution >= 4 is 5.91 Å². The Labute approximate surface area is 211 Å². The number of hydrogen-bond acceptors (Lipinski definition) is 4. The number of benzene rings is 3. The van der Waals surface area contributed by atoms with Crippen molar-refractivity contribution in [2.75, 3.05) is 39.4 Å². The zero-order chi connectivity index (χ0) is 25.3. The fraction of sp³-hybridized carbons (Fsp3) is 0.345. The van der Waals surface area contributed by atoms with Crippen molar-refractivity contribution < 1.29 is 18.3 Å². The molecular weight excluding hydrogens is 460 g/mol. The lowest BCUT2D eigenvalue weighted by atomic mass is 10.1. The lowest BCUT2D eigenvalue weighted by Gasteiger charge is -2.30. The SMILES string of the molecule is CC(NC(=O)c1cccc(CN(CCN2CCOCC2)Cc2ccc(F)cc2F)c1)c1ccccc1. The highest BCUT2D eigenvalue weighted by Crippen LogP contribution is 2.17. The standard InChI is InChI=1S/C29H33F2N3O2/c1-22(24-7-3-2-4-8-24)32-29(35)25-9-5-6-23(18-25)20-34(13-12-33-14-16-36-17-15-33)21-26-10-11-27(30)19-28(26)31/h2-11,18-19,22H,12-17,20-21H2,1H3,(H,32,35). The number of carbonyl (C=O) groups excluding carboxylic acids is 1. The smallest absolute Gasteiger partial charge is 0.251 e. The van der Waals surface area contributed by atoms with Gasteiger partial charge in [-0.3, -0.25) is 14.6 Å². The first-order valence-electron chi connectivity index (χ1n) is 12.4. The van der Waals surface area contributed by atoms with Crippen molar-refractivity contribution in [1.29, 1.82) is 0 Å². The molecular formula is C29H33F2N3O2. The molecule has 0 aromatic heterocycles. The maximum atomic E-state index is 14.4. The van der Waals surface area contributed by atoms with E-state index >= 15 is 0 Å². The van der Waals surface area contributed by atoms with Gasteiger partial charge in [0.05, 0.1) is 19.3 Å². The van der Waals surface area contributed by atoms with E-state index in [-0.39, 0.29) is 11.9 Å². The molecule has 36 heavy (non-hydrogen) atoms. The van der Waals surface area contributed by atoms with E-state index in [1.54, 1.807) is 6.07 Å². The average molecular weight is 494 g/mol. The molecule has 1 atom stereocenters. The summed E-state index contributed by atoms with van der Waals surface area (Å²) in [6, 6.07) is 21.0. The molecule has 1 aliphatic rings. The third-order valence-electron chi connectivity index (χ3n) is 6.49. The van der Waals surface area contributed by atoms with Gasteiger partial charge in [-0.1, -0.05) is 48.5 Å². The number of amides is 1. The molecule has 5 nitrogen and oxygen atoms in total. The Morgan fingerprint density at radius 2 is 1.78 bits per heavy atom. The first-order chi connectivity index (χ1) is 17.5. The lowest BCUT2D eigenvalue weighted by molar-refractivity contribution is 0.0324. The molecule has 7 heteroatoms. The van der Waals surface area contributed by atoms with Crippen LogP contribution in [-0.2, 0) is 17.8 Å². The fourth-order valence-electron chi connectivity index (χ4n) is 4.39. The van der Waals surface area contributed by atoms with Crippen LogP contribution >= 0.6 is 0 Å². The highest BCUT2D eigenvalue weighted by Gasteiger charge is 2.17. The van der Waals surface area contributed by atoms with E-state index in [4.69, 9.17) is 4.74 Å². The van der Waals surface area contributed by atoms with Crippen LogP contribution in [0.5, 0.6) is 0 Å². The number of rotatable bonds is 10. The third-order valence-corrected chi connectivity index (χ3v) is 6.49. The van der Waals surface area contributed by atoms with Gasteiger partial charge in [-0.25, -0.2) is 8.78 Å². The van der Waals surface area contributed by atoms with E-state index in [0.717, 1.165) is 36.8 Å². The van der Waals surface area contributed by atoms with E-state index in [9.17, 15) is 13.6 Å². The van der Waals surface area contributed by atoms with Gasteiger partial charge in [0.2, 0.25) is 0 Å². The molecule has 0 spiro atoms. The summed E-state index contributed by atoms with van der Waals surface area (Å²) in [4.78, 5) is 17.4. The Morgan fingerprint density at radius 1 is 1.00 bits per heavy atom. The predicted octanol–water partition coefficient (Wildman–Crippen LogP) is 4.79. The van der Waals surface area contributed by atoms with Crippen LogP contribution in [0.4, 0.5) is 8.78 Å². The van der Waals surface area contributed by atoms with E-state index < -0.39 is 11.6 Å². The summed E-state index contributed by atoms with van der Waals surface area (Å²) in [5, 5.41) is 3.06. The quantitative estimate of drug-likeness (QED) is 0.441.